The van der Waals surface area contributed by atoms with Crippen LogP contribution in [0.3, 0.4) is 0 Å². The van der Waals surface area contributed by atoms with Crippen LogP contribution in [0.25, 0.3) is 0 Å². The van der Waals surface area contributed by atoms with Gasteiger partial charge in [0.1, 0.15) is 5.38 Å². The number of rotatable bonds is 4. The topological polar surface area (TPSA) is 0 Å². The molecule has 0 aliphatic carbocycles. The van der Waals surface area contributed by atoms with Crippen molar-refractivity contribution in [1.29, 1.82) is 0 Å². The number of hydrogen-bond acceptors (Lipinski definition) is 0. The highest BCUT2D eigenvalue weighted by Crippen LogP contribution is 2.45. The Kier molecular flexibility index (Phi) is 9.39. The lowest BCUT2D eigenvalue weighted by Gasteiger charge is -2.25. The summed E-state index contributed by atoms with van der Waals surface area (Å²) in [7, 11) is 0. The van der Waals surface area contributed by atoms with Crippen molar-refractivity contribution < 1.29 is 13.2 Å². The van der Waals surface area contributed by atoms with E-state index >= 15 is 0 Å². The van der Waals surface area contributed by atoms with E-state index < -0.39 is 21.2 Å². The minimum absolute atomic E-state index is 0.497. The summed E-state index contributed by atoms with van der Waals surface area (Å²) in [6.07, 6.45) is 3.28. The number of allylic oxidation sites excluding steroid dienone is 2. The highest BCUT2D eigenvalue weighted by Gasteiger charge is 2.56. The molecule has 0 nitrogen and oxygen atoms in total. The average Bonchev–Trinajstić information content (AvgIpc) is 2.15. The van der Waals surface area contributed by atoms with Crippen molar-refractivity contribution in [3.05, 3.63) is 25.3 Å². The molecule has 0 aromatic carbocycles. The Bertz CT molecular complexity index is 198. The molecular formula is C8H9BrCl3F3. The Hall–Kier alpha value is 0.620. The fraction of sp³-hybridized carbons (Fsp3) is 0.500. The molecule has 0 bridgehead atoms. The molecule has 0 radical (unpaired) electrons. The molecule has 0 heterocycles. The average molecular weight is 348 g/mol. The molecule has 0 amide bonds. The van der Waals surface area contributed by atoms with Gasteiger partial charge < -0.3 is 0 Å². The normalized spacial score (nSPS) is 16.7. The van der Waals surface area contributed by atoms with Crippen molar-refractivity contribution in [2.24, 2.45) is 0 Å². The predicted molar refractivity (Wildman–Crippen MR) is 64.3 cm³/mol. The van der Waals surface area contributed by atoms with Crippen LogP contribution in [0.15, 0.2) is 25.3 Å². The molecule has 90 valence electrons. The third-order valence-electron chi connectivity index (χ3n) is 1.07. The van der Waals surface area contributed by atoms with Gasteiger partial charge in [0.05, 0.1) is 0 Å². The summed E-state index contributed by atoms with van der Waals surface area (Å²) in [4.78, 5) is -3.89. The summed E-state index contributed by atoms with van der Waals surface area (Å²) < 4.78 is 37.2. The molecular weight excluding hydrogens is 339 g/mol. The Balaban J connectivity index is 0. The Morgan fingerprint density at radius 3 is 1.67 bits per heavy atom. The smallest absolute Gasteiger partial charge is 0.217 e. The minimum Gasteiger partial charge on any atom is -0.217 e. The summed E-state index contributed by atoms with van der Waals surface area (Å²) in [6.45, 7) is 6.72. The van der Waals surface area contributed by atoms with Crippen LogP contribution in [0.4, 0.5) is 13.2 Å². The van der Waals surface area contributed by atoms with Gasteiger partial charge in [-0.1, -0.05) is 36.9 Å². The molecule has 0 aliphatic rings. The number of alkyl halides is 7. The number of hydrogen-bond donors (Lipinski definition) is 0. The summed E-state index contributed by atoms with van der Waals surface area (Å²) >= 11 is 16.7. The van der Waals surface area contributed by atoms with Gasteiger partial charge in [-0.3, -0.25) is 0 Å². The molecule has 2 atom stereocenters. The van der Waals surface area contributed by atoms with E-state index in [0.717, 1.165) is 0 Å². The summed E-state index contributed by atoms with van der Waals surface area (Å²) in [5, 5.41) is -5.02. The monoisotopic (exact) mass is 346 g/mol. The zero-order valence-corrected chi connectivity index (χ0v) is 11.4. The van der Waals surface area contributed by atoms with E-state index in [2.05, 4.69) is 13.2 Å². The van der Waals surface area contributed by atoms with Crippen molar-refractivity contribution in [2.45, 2.75) is 15.3 Å². The zero-order chi connectivity index (χ0) is 12.7. The Morgan fingerprint density at radius 1 is 1.27 bits per heavy atom. The quantitative estimate of drug-likeness (QED) is 0.491. The first-order valence-corrected chi connectivity index (χ1v) is 5.67. The molecule has 2 unspecified atom stereocenters. The first-order chi connectivity index (χ1) is 6.65. The Morgan fingerprint density at radius 2 is 1.60 bits per heavy atom. The first-order valence-electron chi connectivity index (χ1n) is 3.53. The molecule has 0 fully saturated rings. The van der Waals surface area contributed by atoms with Crippen molar-refractivity contribution in [3.8, 4) is 0 Å². The van der Waals surface area contributed by atoms with Crippen LogP contribution in [0.1, 0.15) is 0 Å². The molecule has 15 heavy (non-hydrogen) atoms. The van der Waals surface area contributed by atoms with Gasteiger partial charge in [-0.15, -0.1) is 23.2 Å². The highest BCUT2D eigenvalue weighted by atomic mass is 79.9. The largest absolute Gasteiger partial charge is 0.349 e. The fourth-order valence-corrected chi connectivity index (χ4v) is 1.19. The first kappa shape index (κ1) is 18.0. The minimum atomic E-state index is -3.89. The lowest BCUT2D eigenvalue weighted by atomic mass is 10.3. The molecule has 0 aromatic heterocycles. The maximum absolute atomic E-state index is 12.7. The van der Waals surface area contributed by atoms with Gasteiger partial charge in [-0.05, 0) is 15.9 Å². The maximum atomic E-state index is 12.7. The van der Waals surface area contributed by atoms with Crippen molar-refractivity contribution in [3.63, 3.8) is 0 Å². The second-order valence-electron chi connectivity index (χ2n) is 2.21. The van der Waals surface area contributed by atoms with Gasteiger partial charge in [0.2, 0.25) is 0 Å². The lowest BCUT2D eigenvalue weighted by molar-refractivity contribution is -0.00419. The van der Waals surface area contributed by atoms with Crippen LogP contribution in [-0.4, -0.2) is 21.2 Å². The molecule has 7 heteroatoms. The van der Waals surface area contributed by atoms with Gasteiger partial charge in [0.25, 0.3) is 5.13 Å². The molecule has 0 aromatic rings. The van der Waals surface area contributed by atoms with Crippen LogP contribution in [-0.2, 0) is 0 Å². The zero-order valence-electron chi connectivity index (χ0n) is 7.50. The van der Waals surface area contributed by atoms with Crippen molar-refractivity contribution in [1.82, 2.24) is 0 Å². The van der Waals surface area contributed by atoms with E-state index in [1.165, 1.54) is 0 Å². The molecule has 0 aliphatic heterocycles. The van der Waals surface area contributed by atoms with E-state index in [-0.39, 0.29) is 0 Å². The second-order valence-corrected chi connectivity index (χ2v) is 4.60. The lowest BCUT2D eigenvalue weighted by Crippen LogP contribution is -2.43. The Labute approximate surface area is 110 Å². The molecule has 0 spiro atoms. The van der Waals surface area contributed by atoms with E-state index in [1.807, 2.05) is 0 Å². The van der Waals surface area contributed by atoms with Gasteiger partial charge in [0.15, 0.2) is 0 Å². The van der Waals surface area contributed by atoms with Gasteiger partial charge in [0, 0.05) is 5.88 Å². The highest BCUT2D eigenvalue weighted by molar-refractivity contribution is 9.10. The van der Waals surface area contributed by atoms with Gasteiger partial charge in [-0.2, -0.15) is 8.78 Å². The van der Waals surface area contributed by atoms with E-state index in [0.29, 0.717) is 0 Å². The van der Waals surface area contributed by atoms with E-state index in [9.17, 15) is 13.2 Å². The number of halogens is 7. The van der Waals surface area contributed by atoms with Crippen LogP contribution < -0.4 is 0 Å². The van der Waals surface area contributed by atoms with Gasteiger partial charge >= 0.3 is 4.83 Å². The maximum Gasteiger partial charge on any atom is 0.349 e. The predicted octanol–water partition coefficient (Wildman–Crippen LogP) is 5.08. The summed E-state index contributed by atoms with van der Waals surface area (Å²) in [5.74, 6) is -0.497. The molecule has 0 rings (SSSR count). The van der Waals surface area contributed by atoms with Crippen LogP contribution in [0, 0.1) is 0 Å². The van der Waals surface area contributed by atoms with E-state index in [1.54, 1.807) is 28.1 Å². The second kappa shape index (κ2) is 7.82. The van der Waals surface area contributed by atoms with Crippen molar-refractivity contribution >= 4 is 50.7 Å². The van der Waals surface area contributed by atoms with Crippen LogP contribution in [0.5, 0.6) is 0 Å². The van der Waals surface area contributed by atoms with Gasteiger partial charge in [-0.25, -0.2) is 4.39 Å². The van der Waals surface area contributed by atoms with Crippen LogP contribution >= 0.6 is 50.7 Å². The summed E-state index contributed by atoms with van der Waals surface area (Å²) in [5.41, 5.74) is 0. The molecule has 0 N–H and O–H groups in total. The SMILES string of the molecule is C=CC=C.FC(F)(Br)C(F)(Cl)C(Cl)CCl. The molecule has 0 saturated heterocycles. The third-order valence-corrected chi connectivity index (χ3v) is 3.41. The van der Waals surface area contributed by atoms with Crippen molar-refractivity contribution in [2.75, 3.05) is 5.88 Å². The van der Waals surface area contributed by atoms with E-state index in [4.69, 9.17) is 34.8 Å². The summed E-state index contributed by atoms with van der Waals surface area (Å²) in [6, 6.07) is 0. The standard InChI is InChI=1S/C4H3BrCl3F3.C4H6/c5-4(10,11)3(8,9)2(7)1-6;1-3-4-2/h2H,1H2;3-4H,1-2H2. The van der Waals surface area contributed by atoms with Crippen LogP contribution in [0.2, 0.25) is 0 Å². The molecule has 0 saturated carbocycles. The fourth-order valence-electron chi connectivity index (χ4n) is 0.274. The third kappa shape index (κ3) is 6.72.